The van der Waals surface area contributed by atoms with Crippen LogP contribution < -0.4 is 9.47 Å². The van der Waals surface area contributed by atoms with Crippen LogP contribution in [0.5, 0.6) is 11.5 Å². The number of ether oxygens (including phenoxy) is 3. The van der Waals surface area contributed by atoms with E-state index in [1.165, 1.54) is 0 Å². The second kappa shape index (κ2) is 10.1. The zero-order valence-corrected chi connectivity index (χ0v) is 19.2. The van der Waals surface area contributed by atoms with Crippen molar-refractivity contribution in [3.8, 4) is 11.5 Å². The van der Waals surface area contributed by atoms with Gasteiger partial charge in [0.25, 0.3) is 0 Å². The van der Waals surface area contributed by atoms with Crippen molar-refractivity contribution < 1.29 is 19.0 Å². The monoisotopic (exact) mass is 444 g/mol. The van der Waals surface area contributed by atoms with Gasteiger partial charge in [0.15, 0.2) is 11.5 Å². The average Bonchev–Trinajstić information content (AvgIpc) is 2.73. The Labute approximate surface area is 188 Å². The molecule has 1 aromatic heterocycles. The van der Waals surface area contributed by atoms with E-state index in [4.69, 9.17) is 25.8 Å². The van der Waals surface area contributed by atoms with Crippen LogP contribution in [-0.2, 0) is 11.3 Å². The number of hydrogen-bond donors (Lipinski definition) is 0. The Morgan fingerprint density at radius 3 is 2.61 bits per heavy atom. The van der Waals surface area contributed by atoms with Crippen LogP contribution >= 0.6 is 11.6 Å². The van der Waals surface area contributed by atoms with Crippen LogP contribution in [0.25, 0.3) is 5.57 Å². The van der Waals surface area contributed by atoms with Gasteiger partial charge in [0, 0.05) is 24.8 Å². The number of hydrogen-bond acceptors (Lipinski definition) is 5. The smallest absolute Gasteiger partial charge is 0.410 e. The molecule has 1 aliphatic rings. The number of amides is 1. The molecule has 0 fully saturated rings. The first-order valence-corrected chi connectivity index (χ1v) is 10.8. The second-order valence-electron chi connectivity index (χ2n) is 8.23. The van der Waals surface area contributed by atoms with Gasteiger partial charge in [0.05, 0.1) is 17.3 Å². The highest BCUT2D eigenvalue weighted by atomic mass is 35.5. The maximum Gasteiger partial charge on any atom is 0.410 e. The predicted molar refractivity (Wildman–Crippen MR) is 122 cm³/mol. The largest absolute Gasteiger partial charge is 0.489 e. The van der Waals surface area contributed by atoms with Crippen molar-refractivity contribution in [2.24, 2.45) is 0 Å². The molecule has 0 radical (unpaired) electrons. The van der Waals surface area contributed by atoms with Crippen molar-refractivity contribution in [1.29, 1.82) is 0 Å². The third-order valence-electron chi connectivity index (χ3n) is 4.64. The highest BCUT2D eigenvalue weighted by Gasteiger charge is 2.25. The minimum absolute atomic E-state index is 0.291. The number of pyridine rings is 1. The summed E-state index contributed by atoms with van der Waals surface area (Å²) in [5.41, 5.74) is 2.38. The highest BCUT2D eigenvalue weighted by Crippen LogP contribution is 2.38. The normalized spacial score (nSPS) is 14.1. The molecule has 0 bridgehead atoms. The van der Waals surface area contributed by atoms with E-state index in [0.717, 1.165) is 16.8 Å². The first kappa shape index (κ1) is 22.9. The average molecular weight is 445 g/mol. The van der Waals surface area contributed by atoms with Gasteiger partial charge in [-0.3, -0.25) is 4.98 Å². The molecule has 0 atom stereocenters. The number of benzene rings is 1. The first-order valence-electron chi connectivity index (χ1n) is 10.4. The Morgan fingerprint density at radius 1 is 1.19 bits per heavy atom. The van der Waals surface area contributed by atoms with E-state index in [-0.39, 0.29) is 6.09 Å². The van der Waals surface area contributed by atoms with E-state index in [0.29, 0.717) is 49.2 Å². The summed E-state index contributed by atoms with van der Waals surface area (Å²) in [7, 11) is 0. The Hall–Kier alpha value is -2.73. The maximum atomic E-state index is 12.3. The first-order chi connectivity index (χ1) is 14.8. The molecule has 0 aliphatic carbocycles. The number of carbonyl (C=O) groups excluding carboxylic acids is 1. The lowest BCUT2D eigenvalue weighted by atomic mass is 9.98. The van der Waals surface area contributed by atoms with E-state index >= 15 is 0 Å². The van der Waals surface area contributed by atoms with E-state index in [9.17, 15) is 4.79 Å². The Kier molecular flexibility index (Phi) is 7.44. The molecule has 166 valence electrons. The van der Waals surface area contributed by atoms with E-state index in [1.807, 2.05) is 52.0 Å². The fourth-order valence-electron chi connectivity index (χ4n) is 3.23. The molecule has 2 heterocycles. The molecule has 1 amide bonds. The molecule has 0 N–H and O–H groups in total. The number of nitrogens with zero attached hydrogens (tertiary/aromatic N) is 2. The summed E-state index contributed by atoms with van der Waals surface area (Å²) in [6.45, 7) is 9.47. The van der Waals surface area contributed by atoms with Crippen LogP contribution in [-0.4, -0.2) is 41.3 Å². The summed E-state index contributed by atoms with van der Waals surface area (Å²) in [4.78, 5) is 18.3. The van der Waals surface area contributed by atoms with Crippen LogP contribution in [0, 0.1) is 0 Å². The maximum absolute atomic E-state index is 12.3. The lowest BCUT2D eigenvalue weighted by Crippen LogP contribution is -2.39. The van der Waals surface area contributed by atoms with Gasteiger partial charge in [-0.1, -0.05) is 29.8 Å². The van der Waals surface area contributed by atoms with Crippen molar-refractivity contribution >= 4 is 23.3 Å². The zero-order chi connectivity index (χ0) is 22.4. The second-order valence-corrected chi connectivity index (χ2v) is 8.66. The van der Waals surface area contributed by atoms with Crippen molar-refractivity contribution in [3.05, 3.63) is 58.9 Å². The van der Waals surface area contributed by atoms with Gasteiger partial charge in [-0.2, -0.15) is 0 Å². The zero-order valence-electron chi connectivity index (χ0n) is 18.5. The SMILES string of the molecule is CCOc1c(OCc2ccc(Cl)cn2)cccc1C1=CCN(C(=O)OC(C)(C)C)CC1. The number of halogens is 1. The van der Waals surface area contributed by atoms with Gasteiger partial charge in [0.2, 0.25) is 0 Å². The fraction of sp³-hybridized carbons (Fsp3) is 0.417. The van der Waals surface area contributed by atoms with Crippen LogP contribution in [0.15, 0.2) is 42.6 Å². The number of aromatic nitrogens is 1. The van der Waals surface area contributed by atoms with Crippen molar-refractivity contribution in [3.63, 3.8) is 0 Å². The number of rotatable bonds is 6. The van der Waals surface area contributed by atoms with Gasteiger partial charge in [-0.15, -0.1) is 0 Å². The topological polar surface area (TPSA) is 60.9 Å². The molecular weight excluding hydrogens is 416 g/mol. The van der Waals surface area contributed by atoms with Crippen LogP contribution in [0.2, 0.25) is 5.02 Å². The summed E-state index contributed by atoms with van der Waals surface area (Å²) >= 11 is 5.90. The molecule has 0 unspecified atom stereocenters. The molecule has 2 aromatic rings. The lowest BCUT2D eigenvalue weighted by Gasteiger charge is -2.30. The van der Waals surface area contributed by atoms with E-state index in [2.05, 4.69) is 11.1 Å². The summed E-state index contributed by atoms with van der Waals surface area (Å²) in [5.74, 6) is 1.36. The van der Waals surface area contributed by atoms with Crippen molar-refractivity contribution in [2.45, 2.75) is 46.3 Å². The molecule has 3 rings (SSSR count). The molecule has 6 nitrogen and oxygen atoms in total. The number of carbonyl (C=O) groups is 1. The minimum atomic E-state index is -0.506. The predicted octanol–water partition coefficient (Wildman–Crippen LogP) is 5.74. The molecule has 7 heteroatoms. The number of para-hydroxylation sites is 1. The van der Waals surface area contributed by atoms with E-state index < -0.39 is 5.60 Å². The summed E-state index contributed by atoms with van der Waals surface area (Å²) in [6.07, 6.45) is 4.07. The molecule has 31 heavy (non-hydrogen) atoms. The fourth-order valence-corrected chi connectivity index (χ4v) is 3.34. The standard InChI is InChI=1S/C24H29ClN2O4/c1-5-29-22-20(17-11-13-27(14-12-17)23(28)31-24(2,3)4)7-6-8-21(22)30-16-19-10-9-18(25)15-26-19/h6-11,15H,5,12-14,16H2,1-4H3. The van der Waals surface area contributed by atoms with Gasteiger partial charge < -0.3 is 19.1 Å². The van der Waals surface area contributed by atoms with Crippen LogP contribution in [0.3, 0.4) is 0 Å². The van der Waals surface area contributed by atoms with Crippen LogP contribution in [0.4, 0.5) is 4.79 Å². The quantitative estimate of drug-likeness (QED) is 0.568. The molecular formula is C24H29ClN2O4. The summed E-state index contributed by atoms with van der Waals surface area (Å²) in [5, 5.41) is 0.588. The Balaban J connectivity index is 1.76. The Bertz CT molecular complexity index is 936. The molecule has 0 saturated carbocycles. The minimum Gasteiger partial charge on any atom is -0.489 e. The highest BCUT2D eigenvalue weighted by molar-refractivity contribution is 6.30. The Morgan fingerprint density at radius 2 is 2.00 bits per heavy atom. The molecule has 0 saturated heterocycles. The van der Waals surface area contributed by atoms with E-state index in [1.54, 1.807) is 17.2 Å². The third kappa shape index (κ3) is 6.37. The van der Waals surface area contributed by atoms with Crippen molar-refractivity contribution in [1.82, 2.24) is 9.88 Å². The van der Waals surface area contributed by atoms with Gasteiger partial charge >= 0.3 is 6.09 Å². The lowest BCUT2D eigenvalue weighted by molar-refractivity contribution is 0.0270. The third-order valence-corrected chi connectivity index (χ3v) is 4.86. The molecule has 1 aromatic carbocycles. The molecule has 1 aliphatic heterocycles. The summed E-state index contributed by atoms with van der Waals surface area (Å²) in [6, 6.07) is 9.48. The van der Waals surface area contributed by atoms with Crippen molar-refractivity contribution in [2.75, 3.05) is 19.7 Å². The van der Waals surface area contributed by atoms with Gasteiger partial charge in [-0.05, 0) is 57.9 Å². The molecule has 0 spiro atoms. The van der Waals surface area contributed by atoms with Gasteiger partial charge in [0.1, 0.15) is 12.2 Å². The van der Waals surface area contributed by atoms with Gasteiger partial charge in [-0.25, -0.2) is 4.79 Å². The van der Waals surface area contributed by atoms with Crippen LogP contribution in [0.1, 0.15) is 45.4 Å². The summed E-state index contributed by atoms with van der Waals surface area (Å²) < 4.78 is 17.5.